The summed E-state index contributed by atoms with van der Waals surface area (Å²) in [5, 5.41) is 3.11. The lowest BCUT2D eigenvalue weighted by molar-refractivity contribution is 0.0932. The Morgan fingerprint density at radius 2 is 1.92 bits per heavy atom. The maximum absolute atomic E-state index is 12.6. The summed E-state index contributed by atoms with van der Waals surface area (Å²) in [6.45, 7) is 5.49. The summed E-state index contributed by atoms with van der Waals surface area (Å²) in [5.41, 5.74) is 2.47. The maximum atomic E-state index is 12.6. The van der Waals surface area contributed by atoms with Gasteiger partial charge in [-0.2, -0.15) is 0 Å². The van der Waals surface area contributed by atoms with Crippen LogP contribution in [0.3, 0.4) is 0 Å². The van der Waals surface area contributed by atoms with E-state index in [0.717, 1.165) is 31.6 Å². The minimum Gasteiger partial charge on any atom is -0.348 e. The van der Waals surface area contributed by atoms with Gasteiger partial charge in [-0.25, -0.2) is 9.97 Å². The first-order valence-electron chi connectivity index (χ1n) is 9.11. The molecule has 3 rings (SSSR count). The highest BCUT2D eigenvalue weighted by Crippen LogP contribution is 2.19. The standard InChI is InChI=1S/C20H26N4O/c1-3-24(14-16-9-5-4-6-10-16)20-21-15(2)13-18(23-20)19(25)22-17-11-7-8-12-17/h4-6,9-10,13,17H,3,7-8,11-12,14H2,1-2H3,(H,22,25). The molecule has 1 aromatic carbocycles. The van der Waals surface area contributed by atoms with Gasteiger partial charge in [-0.1, -0.05) is 43.2 Å². The number of amides is 1. The van der Waals surface area contributed by atoms with Gasteiger partial charge in [0.05, 0.1) is 0 Å². The van der Waals surface area contributed by atoms with Gasteiger partial charge in [-0.3, -0.25) is 4.79 Å². The third kappa shape index (κ3) is 4.56. The van der Waals surface area contributed by atoms with Gasteiger partial charge in [-0.05, 0) is 38.3 Å². The van der Waals surface area contributed by atoms with Crippen LogP contribution < -0.4 is 10.2 Å². The molecular formula is C20H26N4O. The number of rotatable bonds is 6. The fourth-order valence-corrected chi connectivity index (χ4v) is 3.27. The van der Waals surface area contributed by atoms with Crippen molar-refractivity contribution in [3.63, 3.8) is 0 Å². The highest BCUT2D eigenvalue weighted by Gasteiger charge is 2.20. The third-order valence-corrected chi connectivity index (χ3v) is 4.65. The zero-order chi connectivity index (χ0) is 17.6. The van der Waals surface area contributed by atoms with Gasteiger partial charge in [0.2, 0.25) is 5.95 Å². The van der Waals surface area contributed by atoms with Gasteiger partial charge in [0.15, 0.2) is 0 Å². The van der Waals surface area contributed by atoms with Crippen molar-refractivity contribution < 1.29 is 4.79 Å². The Morgan fingerprint density at radius 3 is 2.60 bits per heavy atom. The van der Waals surface area contributed by atoms with Crippen molar-refractivity contribution in [3.8, 4) is 0 Å². The Morgan fingerprint density at radius 1 is 1.20 bits per heavy atom. The van der Waals surface area contributed by atoms with Crippen molar-refractivity contribution >= 4 is 11.9 Å². The molecule has 0 bridgehead atoms. The molecule has 1 heterocycles. The first-order chi connectivity index (χ1) is 12.2. The van der Waals surface area contributed by atoms with Crippen molar-refractivity contribution in [1.82, 2.24) is 15.3 Å². The monoisotopic (exact) mass is 338 g/mol. The number of nitrogens with one attached hydrogen (secondary N) is 1. The lowest BCUT2D eigenvalue weighted by Crippen LogP contribution is -2.34. The summed E-state index contributed by atoms with van der Waals surface area (Å²) in [7, 11) is 0. The summed E-state index contributed by atoms with van der Waals surface area (Å²) < 4.78 is 0. The largest absolute Gasteiger partial charge is 0.348 e. The molecule has 1 aliphatic rings. The molecule has 0 atom stereocenters. The number of nitrogens with zero attached hydrogens (tertiary/aromatic N) is 3. The summed E-state index contributed by atoms with van der Waals surface area (Å²) in [6, 6.07) is 12.3. The number of aromatic nitrogens is 2. The molecule has 1 fully saturated rings. The lowest BCUT2D eigenvalue weighted by Gasteiger charge is -2.22. The van der Waals surface area contributed by atoms with E-state index in [2.05, 4.69) is 39.2 Å². The summed E-state index contributed by atoms with van der Waals surface area (Å²) in [4.78, 5) is 23.7. The molecule has 5 nitrogen and oxygen atoms in total. The zero-order valence-electron chi connectivity index (χ0n) is 15.0. The number of carbonyl (C=O) groups is 1. The van der Waals surface area contributed by atoms with E-state index in [1.165, 1.54) is 18.4 Å². The average molecular weight is 338 g/mol. The van der Waals surface area contributed by atoms with Crippen LogP contribution in [0.25, 0.3) is 0 Å². The number of hydrogen-bond acceptors (Lipinski definition) is 4. The highest BCUT2D eigenvalue weighted by atomic mass is 16.1. The van der Waals surface area contributed by atoms with Crippen molar-refractivity contribution in [2.45, 2.75) is 52.1 Å². The van der Waals surface area contributed by atoms with Crippen LogP contribution in [0.15, 0.2) is 36.4 Å². The first kappa shape index (κ1) is 17.4. The van der Waals surface area contributed by atoms with Crippen molar-refractivity contribution in [2.24, 2.45) is 0 Å². The molecule has 0 unspecified atom stereocenters. The fraction of sp³-hybridized carbons (Fsp3) is 0.450. The molecule has 1 N–H and O–H groups in total. The van der Waals surface area contributed by atoms with Crippen LogP contribution in [0.1, 0.15) is 54.4 Å². The number of hydrogen-bond donors (Lipinski definition) is 1. The minimum absolute atomic E-state index is 0.0885. The molecule has 25 heavy (non-hydrogen) atoms. The van der Waals surface area contributed by atoms with Crippen LogP contribution in [0.5, 0.6) is 0 Å². The molecule has 0 saturated heterocycles. The van der Waals surface area contributed by atoms with E-state index in [-0.39, 0.29) is 11.9 Å². The fourth-order valence-electron chi connectivity index (χ4n) is 3.27. The topological polar surface area (TPSA) is 58.1 Å². The number of benzene rings is 1. The second kappa shape index (κ2) is 8.10. The van der Waals surface area contributed by atoms with Crippen LogP contribution in [0.2, 0.25) is 0 Å². The number of carbonyl (C=O) groups excluding carboxylic acids is 1. The summed E-state index contributed by atoms with van der Waals surface area (Å²) >= 11 is 0. The van der Waals surface area contributed by atoms with Gasteiger partial charge in [0, 0.05) is 24.8 Å². The summed E-state index contributed by atoms with van der Waals surface area (Å²) in [6.07, 6.45) is 4.52. The zero-order valence-corrected chi connectivity index (χ0v) is 15.0. The average Bonchev–Trinajstić information content (AvgIpc) is 3.13. The van der Waals surface area contributed by atoms with Crippen LogP contribution in [0.4, 0.5) is 5.95 Å². The quantitative estimate of drug-likeness (QED) is 0.876. The van der Waals surface area contributed by atoms with E-state index < -0.39 is 0 Å². The van der Waals surface area contributed by atoms with E-state index in [4.69, 9.17) is 0 Å². The predicted octanol–water partition coefficient (Wildman–Crippen LogP) is 3.48. The van der Waals surface area contributed by atoms with Crippen molar-refractivity contribution in [3.05, 3.63) is 53.3 Å². The van der Waals surface area contributed by atoms with E-state index in [1.54, 1.807) is 6.07 Å². The van der Waals surface area contributed by atoms with Crippen LogP contribution >= 0.6 is 0 Å². The molecule has 2 aromatic rings. The van der Waals surface area contributed by atoms with Crippen LogP contribution in [-0.4, -0.2) is 28.5 Å². The van der Waals surface area contributed by atoms with E-state index in [0.29, 0.717) is 11.6 Å². The molecule has 1 aliphatic carbocycles. The predicted molar refractivity (Wildman–Crippen MR) is 99.7 cm³/mol. The van der Waals surface area contributed by atoms with E-state index >= 15 is 0 Å². The Hall–Kier alpha value is -2.43. The molecule has 0 radical (unpaired) electrons. The normalized spacial score (nSPS) is 14.5. The third-order valence-electron chi connectivity index (χ3n) is 4.65. The number of anilines is 1. The molecule has 5 heteroatoms. The summed E-state index contributed by atoms with van der Waals surface area (Å²) in [5.74, 6) is 0.525. The molecule has 1 amide bonds. The molecule has 0 spiro atoms. The Labute approximate surface area is 149 Å². The van der Waals surface area contributed by atoms with Crippen LogP contribution in [0, 0.1) is 6.92 Å². The smallest absolute Gasteiger partial charge is 0.270 e. The van der Waals surface area contributed by atoms with Crippen molar-refractivity contribution in [1.29, 1.82) is 0 Å². The second-order valence-corrected chi connectivity index (χ2v) is 6.65. The van der Waals surface area contributed by atoms with E-state index in [9.17, 15) is 4.79 Å². The molecule has 1 aromatic heterocycles. The Balaban J connectivity index is 1.78. The lowest BCUT2D eigenvalue weighted by atomic mass is 10.2. The van der Waals surface area contributed by atoms with Gasteiger partial charge >= 0.3 is 0 Å². The van der Waals surface area contributed by atoms with Gasteiger partial charge in [-0.15, -0.1) is 0 Å². The Kier molecular flexibility index (Phi) is 5.64. The molecule has 0 aliphatic heterocycles. The van der Waals surface area contributed by atoms with E-state index in [1.807, 2.05) is 25.1 Å². The second-order valence-electron chi connectivity index (χ2n) is 6.65. The molecular weight excluding hydrogens is 312 g/mol. The molecule has 132 valence electrons. The first-order valence-corrected chi connectivity index (χ1v) is 9.11. The van der Waals surface area contributed by atoms with Gasteiger partial charge in [0.25, 0.3) is 5.91 Å². The minimum atomic E-state index is -0.0885. The SMILES string of the molecule is CCN(Cc1ccccc1)c1nc(C)cc(C(=O)NC2CCCC2)n1. The highest BCUT2D eigenvalue weighted by molar-refractivity contribution is 5.92. The maximum Gasteiger partial charge on any atom is 0.270 e. The van der Waals surface area contributed by atoms with Gasteiger partial charge in [0.1, 0.15) is 5.69 Å². The Bertz CT molecular complexity index is 711. The van der Waals surface area contributed by atoms with Gasteiger partial charge < -0.3 is 10.2 Å². The van der Waals surface area contributed by atoms with Crippen LogP contribution in [-0.2, 0) is 6.54 Å². The number of aryl methyl sites for hydroxylation is 1. The molecule has 1 saturated carbocycles. The van der Waals surface area contributed by atoms with Crippen molar-refractivity contribution in [2.75, 3.05) is 11.4 Å².